The number of aromatic amines is 1. The monoisotopic (exact) mass is 325 g/mol. The van der Waals surface area contributed by atoms with Crippen molar-refractivity contribution in [2.24, 2.45) is 0 Å². The van der Waals surface area contributed by atoms with Gasteiger partial charge in [-0.3, -0.25) is 0 Å². The molecule has 0 aliphatic carbocycles. The Morgan fingerprint density at radius 3 is 2.62 bits per heavy atom. The zero-order valence-electron chi connectivity index (χ0n) is 14.1. The van der Waals surface area contributed by atoms with Gasteiger partial charge >= 0.3 is 5.97 Å². The number of aromatic nitrogens is 1. The Balaban J connectivity index is 1.81. The Morgan fingerprint density at radius 1 is 1.29 bits per heavy atom. The molecule has 0 atom stereocenters. The molecule has 0 amide bonds. The van der Waals surface area contributed by atoms with Crippen LogP contribution in [0.5, 0.6) is 0 Å². The van der Waals surface area contributed by atoms with Crippen LogP contribution in [0.15, 0.2) is 36.4 Å². The molecule has 24 heavy (non-hydrogen) atoms. The smallest absolute Gasteiger partial charge is 0.356 e. The number of carbonyl (C=O) groups excluding carboxylic acids is 1. The summed E-state index contributed by atoms with van der Waals surface area (Å²) >= 11 is 0. The van der Waals surface area contributed by atoms with Crippen molar-refractivity contribution in [2.75, 3.05) is 32.5 Å². The molecule has 1 aliphatic heterocycles. The highest BCUT2D eigenvalue weighted by atomic mass is 16.5. The number of likely N-dealkylation sites (N-methyl/N-ethyl adjacent to an activating group) is 1. The molecule has 3 N–H and O–H groups in total. The summed E-state index contributed by atoms with van der Waals surface area (Å²) in [6, 6.07) is 10.1. The standard InChI is InChI=1S/C19H23N3O2/c1-3-24-19(23)18-16(20)12-17(21-18)15-6-4-13(5-7-15)14-8-10-22(2)11-9-14/h4-8,12,21H,3,9-11,20H2,1-2H3. The number of H-pyrrole nitrogens is 1. The van der Waals surface area contributed by atoms with E-state index in [4.69, 9.17) is 10.5 Å². The first-order chi connectivity index (χ1) is 11.6. The van der Waals surface area contributed by atoms with Crippen LogP contribution in [0, 0.1) is 0 Å². The number of nitrogens with two attached hydrogens (primary N) is 1. The maximum Gasteiger partial charge on any atom is 0.356 e. The number of rotatable bonds is 4. The Labute approximate surface area is 142 Å². The molecule has 0 bridgehead atoms. The topological polar surface area (TPSA) is 71.4 Å². The van der Waals surface area contributed by atoms with Crippen LogP contribution in [0.1, 0.15) is 29.4 Å². The van der Waals surface area contributed by atoms with Crippen LogP contribution in [0.2, 0.25) is 0 Å². The van der Waals surface area contributed by atoms with Gasteiger partial charge in [-0.25, -0.2) is 4.79 Å². The van der Waals surface area contributed by atoms with E-state index in [-0.39, 0.29) is 0 Å². The average Bonchev–Trinajstić information content (AvgIpc) is 2.98. The molecular formula is C19H23N3O2. The van der Waals surface area contributed by atoms with Gasteiger partial charge in [-0.05, 0) is 43.2 Å². The summed E-state index contributed by atoms with van der Waals surface area (Å²) in [7, 11) is 2.13. The lowest BCUT2D eigenvalue weighted by Gasteiger charge is -2.22. The van der Waals surface area contributed by atoms with E-state index in [1.165, 1.54) is 11.1 Å². The lowest BCUT2D eigenvalue weighted by atomic mass is 9.98. The van der Waals surface area contributed by atoms with Crippen LogP contribution < -0.4 is 5.73 Å². The number of anilines is 1. The largest absolute Gasteiger partial charge is 0.461 e. The number of ether oxygens (including phenoxy) is 1. The van der Waals surface area contributed by atoms with Crippen molar-refractivity contribution in [3.63, 3.8) is 0 Å². The molecule has 3 rings (SSSR count). The lowest BCUT2D eigenvalue weighted by Crippen LogP contribution is -2.23. The average molecular weight is 325 g/mol. The second-order valence-corrected chi connectivity index (χ2v) is 6.05. The normalized spacial score (nSPS) is 15.2. The van der Waals surface area contributed by atoms with Gasteiger partial charge in [0.25, 0.3) is 0 Å². The van der Waals surface area contributed by atoms with Gasteiger partial charge in [0, 0.05) is 18.8 Å². The Morgan fingerprint density at radius 2 is 2.00 bits per heavy atom. The fourth-order valence-electron chi connectivity index (χ4n) is 2.89. The lowest BCUT2D eigenvalue weighted by molar-refractivity contribution is 0.0521. The Hall–Kier alpha value is -2.53. The highest BCUT2D eigenvalue weighted by molar-refractivity contribution is 5.95. The third-order valence-corrected chi connectivity index (χ3v) is 4.31. The molecule has 0 saturated carbocycles. The zero-order chi connectivity index (χ0) is 17.1. The number of nitrogens with one attached hydrogen (secondary N) is 1. The second-order valence-electron chi connectivity index (χ2n) is 6.05. The maximum absolute atomic E-state index is 11.9. The van der Waals surface area contributed by atoms with Gasteiger partial charge in [-0.1, -0.05) is 30.3 Å². The van der Waals surface area contributed by atoms with Crippen molar-refractivity contribution < 1.29 is 9.53 Å². The summed E-state index contributed by atoms with van der Waals surface area (Å²) in [4.78, 5) is 17.2. The highest BCUT2D eigenvalue weighted by Gasteiger charge is 2.16. The molecule has 0 fully saturated rings. The maximum atomic E-state index is 11.9. The van der Waals surface area contributed by atoms with Gasteiger partial charge in [0.2, 0.25) is 0 Å². The summed E-state index contributed by atoms with van der Waals surface area (Å²) in [6.07, 6.45) is 3.35. The summed E-state index contributed by atoms with van der Waals surface area (Å²) in [5.74, 6) is -0.422. The van der Waals surface area contributed by atoms with Crippen LogP contribution in [0.4, 0.5) is 5.69 Å². The minimum Gasteiger partial charge on any atom is -0.461 e. The van der Waals surface area contributed by atoms with E-state index >= 15 is 0 Å². The first-order valence-electron chi connectivity index (χ1n) is 8.22. The summed E-state index contributed by atoms with van der Waals surface area (Å²) < 4.78 is 5.00. The molecule has 2 heterocycles. The van der Waals surface area contributed by atoms with E-state index in [9.17, 15) is 4.79 Å². The number of carbonyl (C=O) groups is 1. The summed E-state index contributed by atoms with van der Waals surface area (Å²) in [5.41, 5.74) is 11.1. The molecule has 5 nitrogen and oxygen atoms in total. The molecule has 1 aliphatic rings. The van der Waals surface area contributed by atoms with Crippen LogP contribution in [-0.4, -0.2) is 42.6 Å². The number of hydrogen-bond acceptors (Lipinski definition) is 4. The fraction of sp³-hybridized carbons (Fsp3) is 0.316. The summed E-state index contributed by atoms with van der Waals surface area (Å²) in [5, 5.41) is 0. The Kier molecular flexibility index (Phi) is 4.71. The Bertz CT molecular complexity index is 759. The van der Waals surface area contributed by atoms with E-state index in [0.29, 0.717) is 18.0 Å². The number of hydrogen-bond donors (Lipinski definition) is 2. The van der Waals surface area contributed by atoms with Crippen molar-refractivity contribution in [1.82, 2.24) is 9.88 Å². The van der Waals surface area contributed by atoms with E-state index in [0.717, 1.165) is 30.8 Å². The van der Waals surface area contributed by atoms with Crippen molar-refractivity contribution in [1.29, 1.82) is 0 Å². The van der Waals surface area contributed by atoms with Gasteiger partial charge < -0.3 is 20.4 Å². The minimum atomic E-state index is -0.422. The van der Waals surface area contributed by atoms with Crippen LogP contribution in [-0.2, 0) is 4.74 Å². The van der Waals surface area contributed by atoms with Crippen molar-refractivity contribution >= 4 is 17.2 Å². The van der Waals surface area contributed by atoms with Crippen LogP contribution >= 0.6 is 0 Å². The van der Waals surface area contributed by atoms with Crippen molar-refractivity contribution in [3.05, 3.63) is 47.7 Å². The molecule has 0 radical (unpaired) electrons. The van der Waals surface area contributed by atoms with E-state index < -0.39 is 5.97 Å². The minimum absolute atomic E-state index is 0.314. The van der Waals surface area contributed by atoms with Gasteiger partial charge in [-0.2, -0.15) is 0 Å². The van der Waals surface area contributed by atoms with Crippen LogP contribution in [0.3, 0.4) is 0 Å². The predicted octanol–water partition coefficient (Wildman–Crippen LogP) is 3.16. The molecule has 5 heteroatoms. The molecule has 1 aromatic carbocycles. The molecule has 0 spiro atoms. The molecule has 0 unspecified atom stereocenters. The quantitative estimate of drug-likeness (QED) is 0.847. The van der Waals surface area contributed by atoms with Gasteiger partial charge in [0.1, 0.15) is 5.69 Å². The predicted molar refractivity (Wildman–Crippen MR) is 96.7 cm³/mol. The van der Waals surface area contributed by atoms with Crippen molar-refractivity contribution in [3.8, 4) is 11.3 Å². The number of nitrogen functional groups attached to an aromatic ring is 1. The highest BCUT2D eigenvalue weighted by Crippen LogP contribution is 2.27. The van der Waals surface area contributed by atoms with E-state index in [1.54, 1.807) is 13.0 Å². The summed E-state index contributed by atoms with van der Waals surface area (Å²) in [6.45, 7) is 4.18. The third-order valence-electron chi connectivity index (χ3n) is 4.31. The first kappa shape index (κ1) is 16.3. The number of esters is 1. The van der Waals surface area contributed by atoms with E-state index in [2.05, 4.69) is 47.3 Å². The molecular weight excluding hydrogens is 302 g/mol. The van der Waals surface area contributed by atoms with Crippen LogP contribution in [0.25, 0.3) is 16.8 Å². The zero-order valence-corrected chi connectivity index (χ0v) is 14.1. The third kappa shape index (κ3) is 3.36. The number of nitrogens with zero attached hydrogens (tertiary/aromatic N) is 1. The molecule has 126 valence electrons. The van der Waals surface area contributed by atoms with Gasteiger partial charge in [0.05, 0.1) is 12.3 Å². The number of benzene rings is 1. The van der Waals surface area contributed by atoms with Gasteiger partial charge in [-0.15, -0.1) is 0 Å². The SMILES string of the molecule is CCOC(=O)c1[nH]c(-c2ccc(C3=CCN(C)CC3)cc2)cc1N. The molecule has 2 aromatic rings. The first-order valence-corrected chi connectivity index (χ1v) is 8.22. The van der Waals surface area contributed by atoms with E-state index in [1.807, 2.05) is 0 Å². The molecule has 1 aromatic heterocycles. The van der Waals surface area contributed by atoms with Gasteiger partial charge in [0.15, 0.2) is 0 Å². The molecule has 0 saturated heterocycles. The second kappa shape index (κ2) is 6.93. The fourth-order valence-corrected chi connectivity index (χ4v) is 2.89. The van der Waals surface area contributed by atoms with Crippen molar-refractivity contribution in [2.45, 2.75) is 13.3 Å².